The van der Waals surface area contributed by atoms with Crippen molar-refractivity contribution in [1.29, 1.82) is 0 Å². The Bertz CT molecular complexity index is 984. The zero-order valence-corrected chi connectivity index (χ0v) is 17.9. The summed E-state index contributed by atoms with van der Waals surface area (Å²) in [4.78, 5) is 17.0. The first-order valence-electron chi connectivity index (χ1n) is 10.5. The zero-order chi connectivity index (χ0) is 21.1. The van der Waals surface area contributed by atoms with Crippen LogP contribution in [-0.2, 0) is 5.41 Å². The average molecular weight is 401 g/mol. The molecule has 1 aliphatic heterocycles. The van der Waals surface area contributed by atoms with Gasteiger partial charge in [-0.15, -0.1) is 10.2 Å². The third kappa shape index (κ3) is 4.35. The Morgan fingerprint density at radius 3 is 2.03 bits per heavy atom. The summed E-state index contributed by atoms with van der Waals surface area (Å²) in [5, 5.41) is 8.79. The quantitative estimate of drug-likeness (QED) is 0.654. The lowest BCUT2D eigenvalue weighted by Crippen LogP contribution is -2.49. The number of amides is 1. The maximum Gasteiger partial charge on any atom is 0.253 e. The molecule has 0 atom stereocenters. The molecule has 30 heavy (non-hydrogen) atoms. The molecule has 1 fully saturated rings. The molecule has 0 saturated carbocycles. The molecule has 5 heteroatoms. The number of piperazine rings is 1. The van der Waals surface area contributed by atoms with Gasteiger partial charge in [-0.25, -0.2) is 0 Å². The van der Waals surface area contributed by atoms with E-state index in [-0.39, 0.29) is 11.3 Å². The highest BCUT2D eigenvalue weighted by Crippen LogP contribution is 2.23. The number of aromatic nitrogens is 2. The second kappa shape index (κ2) is 8.27. The Morgan fingerprint density at radius 1 is 0.800 bits per heavy atom. The molecule has 2 heterocycles. The largest absolute Gasteiger partial charge is 0.352 e. The Balaban J connectivity index is 1.37. The molecule has 1 saturated heterocycles. The van der Waals surface area contributed by atoms with Crippen LogP contribution in [-0.4, -0.2) is 47.2 Å². The molecule has 0 spiro atoms. The summed E-state index contributed by atoms with van der Waals surface area (Å²) in [5.74, 6) is 0.955. The van der Waals surface area contributed by atoms with Crippen LogP contribution in [0.4, 0.5) is 5.82 Å². The third-order valence-electron chi connectivity index (χ3n) is 5.61. The molecule has 154 valence electrons. The number of nitrogens with zero attached hydrogens (tertiary/aromatic N) is 4. The molecule has 0 N–H and O–H groups in total. The van der Waals surface area contributed by atoms with Crippen LogP contribution in [0.5, 0.6) is 0 Å². The lowest BCUT2D eigenvalue weighted by atomic mass is 9.86. The van der Waals surface area contributed by atoms with Crippen LogP contribution in [0.25, 0.3) is 11.3 Å². The van der Waals surface area contributed by atoms with Crippen molar-refractivity contribution in [2.45, 2.75) is 26.2 Å². The highest BCUT2D eigenvalue weighted by atomic mass is 16.2. The van der Waals surface area contributed by atoms with Gasteiger partial charge in [0.1, 0.15) is 0 Å². The second-order valence-electron chi connectivity index (χ2n) is 8.75. The molecule has 5 nitrogen and oxygen atoms in total. The van der Waals surface area contributed by atoms with Gasteiger partial charge in [-0.05, 0) is 35.2 Å². The van der Waals surface area contributed by atoms with E-state index in [4.69, 9.17) is 0 Å². The van der Waals surface area contributed by atoms with E-state index in [1.165, 1.54) is 5.56 Å². The van der Waals surface area contributed by atoms with E-state index in [1.807, 2.05) is 59.5 Å². The topological polar surface area (TPSA) is 49.3 Å². The Kier molecular flexibility index (Phi) is 5.53. The first-order chi connectivity index (χ1) is 14.4. The molecule has 0 bridgehead atoms. The first kappa shape index (κ1) is 20.1. The number of carbonyl (C=O) groups excluding carboxylic acids is 1. The molecule has 0 radical (unpaired) electrons. The van der Waals surface area contributed by atoms with Gasteiger partial charge in [0, 0.05) is 37.3 Å². The number of carbonyl (C=O) groups is 1. The standard InChI is InChI=1S/C25H28N4O/c1-25(2,3)21-11-9-20(10-12-21)24(30)29-17-15-28(16-18-29)23-14-13-22(26-27-23)19-7-5-4-6-8-19/h4-14H,15-18H2,1-3H3. The predicted octanol–water partition coefficient (Wildman–Crippen LogP) is 4.40. The van der Waals surface area contributed by atoms with Gasteiger partial charge in [0.2, 0.25) is 0 Å². The minimum absolute atomic E-state index is 0.0876. The van der Waals surface area contributed by atoms with E-state index in [2.05, 4.69) is 48.0 Å². The van der Waals surface area contributed by atoms with E-state index >= 15 is 0 Å². The van der Waals surface area contributed by atoms with Crippen molar-refractivity contribution in [3.63, 3.8) is 0 Å². The van der Waals surface area contributed by atoms with Crippen molar-refractivity contribution in [3.05, 3.63) is 77.9 Å². The Hall–Kier alpha value is -3.21. The minimum atomic E-state index is 0.0876. The maximum absolute atomic E-state index is 12.9. The van der Waals surface area contributed by atoms with Crippen molar-refractivity contribution in [1.82, 2.24) is 15.1 Å². The number of anilines is 1. The molecule has 1 aliphatic rings. The SMILES string of the molecule is CC(C)(C)c1ccc(C(=O)N2CCN(c3ccc(-c4ccccc4)nn3)CC2)cc1. The summed E-state index contributed by atoms with van der Waals surface area (Å²) in [6.45, 7) is 9.41. The second-order valence-corrected chi connectivity index (χ2v) is 8.75. The fourth-order valence-corrected chi connectivity index (χ4v) is 3.69. The summed E-state index contributed by atoms with van der Waals surface area (Å²) < 4.78 is 0. The monoisotopic (exact) mass is 400 g/mol. The van der Waals surface area contributed by atoms with Crippen molar-refractivity contribution in [2.24, 2.45) is 0 Å². The lowest BCUT2D eigenvalue weighted by Gasteiger charge is -2.35. The summed E-state index contributed by atoms with van der Waals surface area (Å²) in [6, 6.07) is 22.1. The first-order valence-corrected chi connectivity index (χ1v) is 10.5. The molecule has 3 aromatic rings. The van der Waals surface area contributed by atoms with Crippen LogP contribution in [0.1, 0.15) is 36.7 Å². The predicted molar refractivity (Wildman–Crippen MR) is 121 cm³/mol. The summed E-state index contributed by atoms with van der Waals surface area (Å²) in [6.07, 6.45) is 0. The van der Waals surface area contributed by atoms with Crippen LogP contribution in [0.2, 0.25) is 0 Å². The summed E-state index contributed by atoms with van der Waals surface area (Å²) in [5.41, 5.74) is 4.01. The van der Waals surface area contributed by atoms with E-state index in [0.29, 0.717) is 13.1 Å². The highest BCUT2D eigenvalue weighted by molar-refractivity contribution is 5.94. The van der Waals surface area contributed by atoms with Crippen LogP contribution in [0.3, 0.4) is 0 Å². The van der Waals surface area contributed by atoms with E-state index in [0.717, 1.165) is 35.7 Å². The molecule has 1 amide bonds. The van der Waals surface area contributed by atoms with Crippen molar-refractivity contribution >= 4 is 11.7 Å². The van der Waals surface area contributed by atoms with Crippen LogP contribution < -0.4 is 4.90 Å². The molecule has 0 aliphatic carbocycles. The smallest absolute Gasteiger partial charge is 0.253 e. The lowest BCUT2D eigenvalue weighted by molar-refractivity contribution is 0.0746. The number of rotatable bonds is 3. The van der Waals surface area contributed by atoms with Crippen molar-refractivity contribution in [3.8, 4) is 11.3 Å². The fraction of sp³-hybridized carbons (Fsp3) is 0.320. The van der Waals surface area contributed by atoms with Crippen LogP contribution in [0.15, 0.2) is 66.7 Å². The summed E-state index contributed by atoms with van der Waals surface area (Å²) in [7, 11) is 0. The van der Waals surface area contributed by atoms with Gasteiger partial charge in [0.15, 0.2) is 5.82 Å². The van der Waals surface area contributed by atoms with Gasteiger partial charge in [0.05, 0.1) is 5.69 Å². The van der Waals surface area contributed by atoms with Gasteiger partial charge in [-0.2, -0.15) is 0 Å². The van der Waals surface area contributed by atoms with E-state index < -0.39 is 0 Å². The molecule has 2 aromatic carbocycles. The minimum Gasteiger partial charge on any atom is -0.352 e. The number of hydrogen-bond donors (Lipinski definition) is 0. The van der Waals surface area contributed by atoms with Gasteiger partial charge in [-0.1, -0.05) is 63.2 Å². The summed E-state index contributed by atoms with van der Waals surface area (Å²) >= 11 is 0. The van der Waals surface area contributed by atoms with Gasteiger partial charge in [-0.3, -0.25) is 4.79 Å². The van der Waals surface area contributed by atoms with Crippen LogP contribution >= 0.6 is 0 Å². The number of benzene rings is 2. The Labute approximate surface area is 178 Å². The molecule has 4 rings (SSSR count). The van der Waals surface area contributed by atoms with Crippen LogP contribution in [0, 0.1) is 0 Å². The molecule has 1 aromatic heterocycles. The number of hydrogen-bond acceptors (Lipinski definition) is 4. The molecule has 0 unspecified atom stereocenters. The third-order valence-corrected chi connectivity index (χ3v) is 5.61. The average Bonchev–Trinajstić information content (AvgIpc) is 2.79. The van der Waals surface area contributed by atoms with Crippen molar-refractivity contribution < 1.29 is 4.79 Å². The normalized spacial score (nSPS) is 14.6. The van der Waals surface area contributed by atoms with Gasteiger partial charge in [0.25, 0.3) is 5.91 Å². The zero-order valence-electron chi connectivity index (χ0n) is 17.9. The van der Waals surface area contributed by atoms with E-state index in [9.17, 15) is 4.79 Å². The van der Waals surface area contributed by atoms with Gasteiger partial charge < -0.3 is 9.80 Å². The van der Waals surface area contributed by atoms with Gasteiger partial charge >= 0.3 is 0 Å². The van der Waals surface area contributed by atoms with E-state index in [1.54, 1.807) is 0 Å². The van der Waals surface area contributed by atoms with Crippen molar-refractivity contribution in [2.75, 3.05) is 31.1 Å². The highest BCUT2D eigenvalue weighted by Gasteiger charge is 2.23. The molecular weight excluding hydrogens is 372 g/mol. The Morgan fingerprint density at radius 2 is 1.47 bits per heavy atom. The molecular formula is C25H28N4O. The fourth-order valence-electron chi connectivity index (χ4n) is 3.69. The maximum atomic E-state index is 12.9.